The summed E-state index contributed by atoms with van der Waals surface area (Å²) in [5.41, 5.74) is 1.59. The molecule has 0 saturated carbocycles. The molecule has 1 aliphatic carbocycles. The number of anilines is 1. The first-order valence-corrected chi connectivity index (χ1v) is 8.93. The second kappa shape index (κ2) is 8.00. The fourth-order valence-electron chi connectivity index (χ4n) is 2.90. The molecule has 6 nitrogen and oxygen atoms in total. The van der Waals surface area contributed by atoms with Gasteiger partial charge in [-0.15, -0.1) is 0 Å². The normalized spacial score (nSPS) is 13.6. The second-order valence-electron chi connectivity index (χ2n) is 6.34. The lowest BCUT2D eigenvalue weighted by atomic mass is 9.84. The Bertz CT molecular complexity index is 1010. The van der Waals surface area contributed by atoms with Crippen LogP contribution in [0.5, 0.6) is 0 Å². The summed E-state index contributed by atoms with van der Waals surface area (Å²) in [6.45, 7) is 3.33. The van der Waals surface area contributed by atoms with E-state index in [1.54, 1.807) is 36.4 Å². The van der Waals surface area contributed by atoms with Gasteiger partial charge in [0.05, 0.1) is 0 Å². The molecule has 1 N–H and O–H groups in total. The zero-order valence-corrected chi connectivity index (χ0v) is 15.5. The van der Waals surface area contributed by atoms with Crippen LogP contribution in [0, 0.1) is 0 Å². The topological polar surface area (TPSA) is 89.5 Å². The van der Waals surface area contributed by atoms with Crippen LogP contribution in [0.1, 0.15) is 52.1 Å². The van der Waals surface area contributed by atoms with E-state index in [1.165, 1.54) is 25.1 Å². The van der Waals surface area contributed by atoms with Gasteiger partial charge in [0.1, 0.15) is 0 Å². The number of hydrogen-bond donors (Lipinski definition) is 1. The monoisotopic (exact) mass is 377 g/mol. The number of carbonyl (C=O) groups excluding carboxylic acids is 4. The zero-order chi connectivity index (χ0) is 20.3. The molecule has 0 spiro atoms. The minimum atomic E-state index is -1.01. The number of carbonyl (C=O) groups is 4. The lowest BCUT2D eigenvalue weighted by Crippen LogP contribution is -2.29. The maximum atomic E-state index is 12.7. The number of benzene rings is 2. The Morgan fingerprint density at radius 2 is 1.61 bits per heavy atom. The zero-order valence-electron chi connectivity index (χ0n) is 15.5. The fraction of sp³-hybridized carbons (Fsp3) is 0.182. The molecule has 2 aromatic carbocycles. The molecular formula is C22H19NO5. The van der Waals surface area contributed by atoms with Gasteiger partial charge in [-0.05, 0) is 31.5 Å². The molecule has 1 amide bonds. The van der Waals surface area contributed by atoms with Gasteiger partial charge in [-0.2, -0.15) is 0 Å². The number of ketones is 2. The standard InChI is InChI=1S/C22H19NO5/c1-3-4-9-19(24)28-13(2)22(27)23-14-10-11-17-18(12-14)21(26)16-8-6-5-7-15(16)20(17)25/h4-13H,3H2,1-2H3,(H,23,27)/b9-4+/t13-/m0/s1. The number of allylic oxidation sites excluding steroid dienone is 1. The Hall–Kier alpha value is -3.54. The van der Waals surface area contributed by atoms with Crippen LogP contribution in [0.2, 0.25) is 0 Å². The predicted octanol–water partition coefficient (Wildman–Crippen LogP) is 3.30. The molecule has 0 radical (unpaired) electrons. The van der Waals surface area contributed by atoms with Gasteiger partial charge < -0.3 is 10.1 Å². The van der Waals surface area contributed by atoms with Crippen LogP contribution in [0.4, 0.5) is 5.69 Å². The van der Waals surface area contributed by atoms with Crippen molar-refractivity contribution >= 4 is 29.1 Å². The van der Waals surface area contributed by atoms with Crippen molar-refractivity contribution < 1.29 is 23.9 Å². The quantitative estimate of drug-likeness (QED) is 0.544. The average Bonchev–Trinajstić information content (AvgIpc) is 2.70. The van der Waals surface area contributed by atoms with Crippen molar-refractivity contribution in [2.45, 2.75) is 26.4 Å². The number of nitrogens with one attached hydrogen (secondary N) is 1. The van der Waals surface area contributed by atoms with E-state index in [4.69, 9.17) is 4.74 Å². The van der Waals surface area contributed by atoms with Gasteiger partial charge in [-0.3, -0.25) is 14.4 Å². The van der Waals surface area contributed by atoms with Crippen molar-refractivity contribution in [1.82, 2.24) is 0 Å². The highest BCUT2D eigenvalue weighted by Gasteiger charge is 2.29. The highest BCUT2D eigenvalue weighted by molar-refractivity contribution is 6.28. The summed E-state index contributed by atoms with van der Waals surface area (Å²) in [6.07, 6.45) is 2.57. The molecule has 142 valence electrons. The minimum absolute atomic E-state index is 0.229. The number of rotatable bonds is 5. The lowest BCUT2D eigenvalue weighted by molar-refractivity contribution is -0.148. The molecule has 0 heterocycles. The Morgan fingerprint density at radius 3 is 2.25 bits per heavy atom. The first kappa shape index (κ1) is 19.2. The van der Waals surface area contributed by atoms with E-state index in [9.17, 15) is 19.2 Å². The average molecular weight is 377 g/mol. The summed E-state index contributed by atoms with van der Waals surface area (Å²) < 4.78 is 5.02. The van der Waals surface area contributed by atoms with Crippen LogP contribution < -0.4 is 5.32 Å². The Morgan fingerprint density at radius 1 is 1.00 bits per heavy atom. The molecule has 2 aromatic rings. The van der Waals surface area contributed by atoms with E-state index in [1.807, 2.05) is 6.92 Å². The van der Waals surface area contributed by atoms with Crippen molar-refractivity contribution in [2.75, 3.05) is 5.32 Å². The summed E-state index contributed by atoms with van der Waals surface area (Å²) in [4.78, 5) is 49.2. The van der Waals surface area contributed by atoms with Gasteiger partial charge >= 0.3 is 5.97 Å². The summed E-state index contributed by atoms with van der Waals surface area (Å²) in [7, 11) is 0. The molecular weight excluding hydrogens is 358 g/mol. The van der Waals surface area contributed by atoms with Crippen molar-refractivity contribution in [3.05, 3.63) is 76.9 Å². The van der Waals surface area contributed by atoms with Crippen LogP contribution >= 0.6 is 0 Å². The minimum Gasteiger partial charge on any atom is -0.449 e. The molecule has 0 aromatic heterocycles. The van der Waals surface area contributed by atoms with Crippen LogP contribution in [-0.2, 0) is 14.3 Å². The number of amides is 1. The van der Waals surface area contributed by atoms with E-state index in [-0.39, 0.29) is 17.1 Å². The van der Waals surface area contributed by atoms with Crippen LogP contribution in [0.15, 0.2) is 54.6 Å². The van der Waals surface area contributed by atoms with E-state index in [0.29, 0.717) is 28.8 Å². The maximum Gasteiger partial charge on any atom is 0.331 e. The molecule has 28 heavy (non-hydrogen) atoms. The summed E-state index contributed by atoms with van der Waals surface area (Å²) >= 11 is 0. The van der Waals surface area contributed by atoms with Gasteiger partial charge in [-0.1, -0.05) is 37.3 Å². The molecule has 0 bridgehead atoms. The van der Waals surface area contributed by atoms with Gasteiger partial charge in [0.25, 0.3) is 5.91 Å². The smallest absolute Gasteiger partial charge is 0.331 e. The van der Waals surface area contributed by atoms with Crippen LogP contribution in [0.3, 0.4) is 0 Å². The highest BCUT2D eigenvalue weighted by Crippen LogP contribution is 2.29. The summed E-state index contributed by atoms with van der Waals surface area (Å²) in [6, 6.07) is 11.2. The van der Waals surface area contributed by atoms with E-state index >= 15 is 0 Å². The summed E-state index contributed by atoms with van der Waals surface area (Å²) in [5, 5.41) is 2.61. The third-order valence-corrected chi connectivity index (χ3v) is 4.34. The largest absolute Gasteiger partial charge is 0.449 e. The third kappa shape index (κ3) is 3.76. The molecule has 0 unspecified atom stereocenters. The van der Waals surface area contributed by atoms with Crippen molar-refractivity contribution in [3.8, 4) is 0 Å². The fourth-order valence-corrected chi connectivity index (χ4v) is 2.90. The number of hydrogen-bond acceptors (Lipinski definition) is 5. The molecule has 0 saturated heterocycles. The molecule has 1 atom stereocenters. The van der Waals surface area contributed by atoms with Crippen molar-refractivity contribution in [3.63, 3.8) is 0 Å². The van der Waals surface area contributed by atoms with Crippen LogP contribution in [-0.4, -0.2) is 29.5 Å². The van der Waals surface area contributed by atoms with E-state index in [2.05, 4.69) is 5.32 Å². The Balaban J connectivity index is 1.78. The molecule has 0 fully saturated rings. The van der Waals surface area contributed by atoms with Gasteiger partial charge in [0.2, 0.25) is 0 Å². The maximum absolute atomic E-state index is 12.7. The SMILES string of the molecule is CC/C=C/C(=O)O[C@@H](C)C(=O)Nc1ccc2c(c1)C(=O)c1ccccc1C2=O. The first-order chi connectivity index (χ1) is 13.4. The third-order valence-electron chi connectivity index (χ3n) is 4.34. The van der Waals surface area contributed by atoms with Crippen molar-refractivity contribution in [1.29, 1.82) is 0 Å². The molecule has 6 heteroatoms. The highest BCUT2D eigenvalue weighted by atomic mass is 16.5. The van der Waals surface area contributed by atoms with E-state index in [0.717, 1.165) is 0 Å². The van der Waals surface area contributed by atoms with Crippen LogP contribution in [0.25, 0.3) is 0 Å². The first-order valence-electron chi connectivity index (χ1n) is 8.93. The Labute approximate surface area is 162 Å². The van der Waals surface area contributed by atoms with E-state index < -0.39 is 18.0 Å². The molecule has 1 aliphatic rings. The molecule has 0 aliphatic heterocycles. The van der Waals surface area contributed by atoms with Gasteiger partial charge in [-0.25, -0.2) is 4.79 Å². The van der Waals surface area contributed by atoms with Gasteiger partial charge in [0, 0.05) is 34.0 Å². The van der Waals surface area contributed by atoms with Gasteiger partial charge in [0.15, 0.2) is 17.7 Å². The second-order valence-corrected chi connectivity index (χ2v) is 6.34. The predicted molar refractivity (Wildman–Crippen MR) is 103 cm³/mol. The number of ether oxygens (including phenoxy) is 1. The Kier molecular flexibility index (Phi) is 5.49. The van der Waals surface area contributed by atoms with Crippen molar-refractivity contribution in [2.24, 2.45) is 0 Å². The summed E-state index contributed by atoms with van der Waals surface area (Å²) in [5.74, 6) is -1.64. The number of esters is 1. The lowest BCUT2D eigenvalue weighted by Gasteiger charge is -2.18. The molecule has 3 rings (SSSR count). The number of fused-ring (bicyclic) bond motifs is 2.